The molecular weight excluding hydrogens is 340 g/mol. The quantitative estimate of drug-likeness (QED) is 0.283. The molecule has 0 amide bonds. The van der Waals surface area contributed by atoms with Crippen LogP contribution in [-0.2, 0) is 28.5 Å². The van der Waals surface area contributed by atoms with Crippen LogP contribution in [0.25, 0.3) is 0 Å². The summed E-state index contributed by atoms with van der Waals surface area (Å²) in [6.45, 7) is 8.03. The van der Waals surface area contributed by atoms with E-state index in [0.29, 0.717) is 52.9 Å². The van der Waals surface area contributed by atoms with Crippen LogP contribution in [0.4, 0.5) is 0 Å². The van der Waals surface area contributed by atoms with Gasteiger partial charge in [-0.3, -0.25) is 0 Å². The van der Waals surface area contributed by atoms with Crippen molar-refractivity contribution in [2.24, 2.45) is 0 Å². The van der Waals surface area contributed by atoms with Crippen molar-refractivity contribution < 1.29 is 33.2 Å². The fourth-order valence-electron chi connectivity index (χ4n) is 2.33. The lowest BCUT2D eigenvalue weighted by Gasteiger charge is -2.08. The molecule has 1 aromatic rings. The standard InChI is InChI=1S/C19H28O7/c1-3-21-9-10-22-11-12-23-13-14-25-16-7-5-15(6-8-16)17-18(26-17)19(20)24-4-2/h5-8,17-18H,3-4,9-14H2,1-2H3/t17?,18-/m1/s1. The van der Waals surface area contributed by atoms with Gasteiger partial charge in [0.25, 0.3) is 0 Å². The summed E-state index contributed by atoms with van der Waals surface area (Å²) in [5.41, 5.74) is 0.941. The van der Waals surface area contributed by atoms with Crippen LogP contribution in [0, 0.1) is 0 Å². The van der Waals surface area contributed by atoms with Crippen molar-refractivity contribution in [3.63, 3.8) is 0 Å². The first-order chi connectivity index (χ1) is 12.8. The van der Waals surface area contributed by atoms with Crippen LogP contribution >= 0.6 is 0 Å². The highest BCUT2D eigenvalue weighted by Gasteiger charge is 2.47. The molecule has 26 heavy (non-hydrogen) atoms. The van der Waals surface area contributed by atoms with E-state index in [1.165, 1.54) is 0 Å². The van der Waals surface area contributed by atoms with Crippen molar-refractivity contribution in [3.05, 3.63) is 29.8 Å². The molecule has 0 saturated carbocycles. The average molecular weight is 368 g/mol. The molecule has 0 aromatic heterocycles. The number of hydrogen-bond acceptors (Lipinski definition) is 7. The van der Waals surface area contributed by atoms with Crippen molar-refractivity contribution in [3.8, 4) is 5.75 Å². The fourth-order valence-corrected chi connectivity index (χ4v) is 2.33. The summed E-state index contributed by atoms with van der Waals surface area (Å²) >= 11 is 0. The summed E-state index contributed by atoms with van der Waals surface area (Å²) in [5.74, 6) is 0.440. The maximum atomic E-state index is 11.6. The predicted molar refractivity (Wildman–Crippen MR) is 94.3 cm³/mol. The fraction of sp³-hybridized carbons (Fsp3) is 0.632. The molecule has 7 nitrogen and oxygen atoms in total. The van der Waals surface area contributed by atoms with E-state index in [1.54, 1.807) is 6.92 Å². The molecule has 0 bridgehead atoms. The number of benzene rings is 1. The maximum Gasteiger partial charge on any atom is 0.338 e. The number of hydrogen-bond donors (Lipinski definition) is 0. The molecule has 0 radical (unpaired) electrons. The lowest BCUT2D eigenvalue weighted by atomic mass is 10.1. The highest BCUT2D eigenvalue weighted by atomic mass is 16.6. The molecule has 146 valence electrons. The molecule has 2 atom stereocenters. The number of epoxide rings is 1. The smallest absolute Gasteiger partial charge is 0.338 e. The van der Waals surface area contributed by atoms with E-state index in [2.05, 4.69) is 0 Å². The van der Waals surface area contributed by atoms with Gasteiger partial charge in [0.1, 0.15) is 18.5 Å². The Morgan fingerprint density at radius 2 is 1.50 bits per heavy atom. The van der Waals surface area contributed by atoms with Gasteiger partial charge in [-0.2, -0.15) is 0 Å². The largest absolute Gasteiger partial charge is 0.491 e. The minimum atomic E-state index is -0.481. The molecule has 1 aliphatic heterocycles. The number of ether oxygens (including phenoxy) is 6. The monoisotopic (exact) mass is 368 g/mol. The maximum absolute atomic E-state index is 11.6. The first kappa shape index (κ1) is 20.6. The van der Waals surface area contributed by atoms with Crippen LogP contribution in [0.1, 0.15) is 25.5 Å². The first-order valence-electron chi connectivity index (χ1n) is 9.04. The average Bonchev–Trinajstić information content (AvgIpc) is 3.45. The predicted octanol–water partition coefficient (Wildman–Crippen LogP) is 2.14. The normalized spacial score (nSPS) is 18.5. The summed E-state index contributed by atoms with van der Waals surface area (Å²) < 4.78 is 31.9. The molecule has 0 spiro atoms. The van der Waals surface area contributed by atoms with Gasteiger partial charge in [0.05, 0.1) is 39.6 Å². The summed E-state index contributed by atoms with van der Waals surface area (Å²) in [6.07, 6.45) is -0.694. The Kier molecular flexibility index (Phi) is 9.41. The van der Waals surface area contributed by atoms with Gasteiger partial charge in [-0.1, -0.05) is 12.1 Å². The van der Waals surface area contributed by atoms with E-state index in [1.807, 2.05) is 31.2 Å². The summed E-state index contributed by atoms with van der Waals surface area (Å²) in [7, 11) is 0. The van der Waals surface area contributed by atoms with Crippen molar-refractivity contribution in [1.29, 1.82) is 0 Å². The van der Waals surface area contributed by atoms with Crippen LogP contribution in [0.2, 0.25) is 0 Å². The third kappa shape index (κ3) is 7.29. The first-order valence-corrected chi connectivity index (χ1v) is 9.04. The molecular formula is C19H28O7. The third-order valence-electron chi connectivity index (χ3n) is 3.66. The van der Waals surface area contributed by atoms with E-state index in [9.17, 15) is 4.79 Å². The highest BCUT2D eigenvalue weighted by Crippen LogP contribution is 2.39. The molecule has 1 fully saturated rings. The van der Waals surface area contributed by atoms with Crippen molar-refractivity contribution in [2.75, 3.05) is 52.9 Å². The van der Waals surface area contributed by atoms with Crippen LogP contribution in [0.3, 0.4) is 0 Å². The van der Waals surface area contributed by atoms with E-state index in [0.717, 1.165) is 11.3 Å². The zero-order valence-corrected chi connectivity index (χ0v) is 15.5. The van der Waals surface area contributed by atoms with E-state index in [4.69, 9.17) is 28.4 Å². The Hall–Kier alpha value is -1.67. The Bertz CT molecular complexity index is 517. The van der Waals surface area contributed by atoms with Gasteiger partial charge in [-0.05, 0) is 31.5 Å². The molecule has 2 rings (SSSR count). The van der Waals surface area contributed by atoms with Gasteiger partial charge < -0.3 is 28.4 Å². The lowest BCUT2D eigenvalue weighted by molar-refractivity contribution is -0.144. The van der Waals surface area contributed by atoms with Crippen LogP contribution in [-0.4, -0.2) is 64.9 Å². The van der Waals surface area contributed by atoms with E-state index < -0.39 is 6.10 Å². The highest BCUT2D eigenvalue weighted by molar-refractivity contribution is 5.78. The molecule has 1 aliphatic rings. The molecule has 1 saturated heterocycles. The van der Waals surface area contributed by atoms with Gasteiger partial charge in [-0.15, -0.1) is 0 Å². The van der Waals surface area contributed by atoms with Crippen molar-refractivity contribution in [2.45, 2.75) is 26.1 Å². The summed E-state index contributed by atoms with van der Waals surface area (Å²) in [4.78, 5) is 11.6. The Balaban J connectivity index is 1.53. The second kappa shape index (κ2) is 11.9. The second-order valence-electron chi connectivity index (χ2n) is 5.57. The Labute approximate surface area is 154 Å². The van der Waals surface area contributed by atoms with E-state index >= 15 is 0 Å². The van der Waals surface area contributed by atoms with Crippen LogP contribution in [0.5, 0.6) is 5.75 Å². The van der Waals surface area contributed by atoms with Crippen LogP contribution < -0.4 is 4.74 Å². The molecule has 1 heterocycles. The summed E-state index contributed by atoms with van der Waals surface area (Å²) in [5, 5.41) is 0. The lowest BCUT2D eigenvalue weighted by Crippen LogP contribution is -2.12. The second-order valence-corrected chi connectivity index (χ2v) is 5.57. The molecule has 1 aromatic carbocycles. The zero-order chi connectivity index (χ0) is 18.6. The van der Waals surface area contributed by atoms with Crippen LogP contribution in [0.15, 0.2) is 24.3 Å². The van der Waals surface area contributed by atoms with Gasteiger partial charge >= 0.3 is 5.97 Å². The van der Waals surface area contributed by atoms with Crippen molar-refractivity contribution in [1.82, 2.24) is 0 Å². The number of carbonyl (C=O) groups is 1. The van der Waals surface area contributed by atoms with Crippen molar-refractivity contribution >= 4 is 5.97 Å². The zero-order valence-electron chi connectivity index (χ0n) is 15.5. The van der Waals surface area contributed by atoms with Gasteiger partial charge in [0.15, 0.2) is 6.10 Å². The SMILES string of the molecule is CCOCCOCCOCCOc1ccc(C2O[C@H]2C(=O)OCC)cc1. The Morgan fingerprint density at radius 1 is 0.885 bits per heavy atom. The molecule has 0 aliphatic carbocycles. The Morgan fingerprint density at radius 3 is 2.12 bits per heavy atom. The molecule has 7 heteroatoms. The van der Waals surface area contributed by atoms with E-state index in [-0.39, 0.29) is 12.1 Å². The number of carbonyl (C=O) groups excluding carboxylic acids is 1. The topological polar surface area (TPSA) is 75.8 Å². The summed E-state index contributed by atoms with van der Waals surface area (Å²) in [6, 6.07) is 7.50. The van der Waals surface area contributed by atoms with Gasteiger partial charge in [0, 0.05) is 6.61 Å². The van der Waals surface area contributed by atoms with Gasteiger partial charge in [-0.25, -0.2) is 4.79 Å². The van der Waals surface area contributed by atoms with Gasteiger partial charge in [0.2, 0.25) is 0 Å². The molecule has 0 N–H and O–H groups in total. The minimum Gasteiger partial charge on any atom is -0.491 e. The number of rotatable bonds is 14. The number of esters is 1. The minimum absolute atomic E-state index is 0.214. The third-order valence-corrected chi connectivity index (χ3v) is 3.66. The molecule has 1 unspecified atom stereocenters.